The number of nitrogens with zero attached hydrogens (tertiary/aromatic N) is 2. The Morgan fingerprint density at radius 1 is 0.424 bits per heavy atom. The van der Waals surface area contributed by atoms with Crippen LogP contribution in [0.15, 0.2) is 184 Å². The van der Waals surface area contributed by atoms with Crippen LogP contribution in [0.3, 0.4) is 0 Å². The van der Waals surface area contributed by atoms with Crippen molar-refractivity contribution in [1.29, 1.82) is 0 Å². The average Bonchev–Trinajstić information content (AvgIpc) is 3.26. The third-order valence-corrected chi connectivity index (χ3v) is 14.9. The number of para-hydroxylation sites is 2. The van der Waals surface area contributed by atoms with Crippen molar-refractivity contribution in [3.05, 3.63) is 197 Å². The van der Waals surface area contributed by atoms with Crippen molar-refractivity contribution in [3.63, 3.8) is 0 Å². The molecule has 0 saturated heterocycles. The summed E-state index contributed by atoms with van der Waals surface area (Å²) in [5.74, 6) is 0.623. The summed E-state index contributed by atoms with van der Waals surface area (Å²) in [6, 6.07) is 56.5. The lowest BCUT2D eigenvalue weighted by molar-refractivity contribution is 0.443. The van der Waals surface area contributed by atoms with Crippen LogP contribution in [0, 0.1) is 0 Å². The van der Waals surface area contributed by atoms with Crippen LogP contribution in [-0.4, -0.2) is 22.6 Å². The molecule has 0 bridgehead atoms. The zero-order valence-corrected chi connectivity index (χ0v) is 42.6. The maximum absolute atomic E-state index is 11.2. The molecule has 4 nitrogen and oxygen atoms in total. The first kappa shape index (κ1) is 49.7. The molecule has 0 heterocycles. The lowest BCUT2D eigenvalue weighted by Crippen LogP contribution is -2.20. The summed E-state index contributed by atoms with van der Waals surface area (Å²) in [5, 5.41) is 26.0. The van der Waals surface area contributed by atoms with Crippen LogP contribution in [-0.2, 0) is 21.7 Å². The maximum Gasteiger partial charge on any atom is 0.128 e. The fourth-order valence-corrected chi connectivity index (χ4v) is 10.7. The molecule has 340 valence electrons. The highest BCUT2D eigenvalue weighted by Gasteiger charge is 2.26. The van der Waals surface area contributed by atoms with E-state index in [0.29, 0.717) is 11.5 Å². The van der Waals surface area contributed by atoms with Crippen LogP contribution in [0.25, 0.3) is 0 Å². The fourth-order valence-electron chi connectivity index (χ4n) is 7.41. The molecule has 7 rings (SSSR count). The lowest BCUT2D eigenvalue weighted by atomic mass is 9.79. The highest BCUT2D eigenvalue weighted by atomic mass is 32.2. The van der Waals surface area contributed by atoms with E-state index >= 15 is 0 Å². The Kier molecular flexibility index (Phi) is 15.7. The van der Waals surface area contributed by atoms with E-state index in [4.69, 9.17) is 9.98 Å². The first-order chi connectivity index (χ1) is 31.1. The molecule has 0 spiro atoms. The second-order valence-corrected chi connectivity index (χ2v) is 24.1. The van der Waals surface area contributed by atoms with E-state index in [1.165, 1.54) is 31.9 Å². The van der Waals surface area contributed by atoms with Crippen LogP contribution in [0.5, 0.6) is 11.5 Å². The molecular weight excluding hydrogens is 844 g/mol. The van der Waals surface area contributed by atoms with Crippen molar-refractivity contribution in [1.82, 2.24) is 0 Å². The van der Waals surface area contributed by atoms with Gasteiger partial charge >= 0.3 is 0 Å². The van der Waals surface area contributed by atoms with Gasteiger partial charge in [0.05, 0.1) is 11.4 Å². The lowest BCUT2D eigenvalue weighted by Gasteiger charge is -2.27. The van der Waals surface area contributed by atoms with Crippen molar-refractivity contribution < 1.29 is 10.2 Å². The largest absolute Gasteiger partial charge is 0.507 e. The van der Waals surface area contributed by atoms with E-state index in [2.05, 4.69) is 204 Å². The van der Waals surface area contributed by atoms with Crippen LogP contribution in [0.2, 0.25) is 0 Å². The van der Waals surface area contributed by atoms with Crippen molar-refractivity contribution in [2.45, 2.75) is 115 Å². The van der Waals surface area contributed by atoms with Crippen molar-refractivity contribution in [3.8, 4) is 11.5 Å². The topological polar surface area (TPSA) is 65.2 Å². The van der Waals surface area contributed by atoms with Gasteiger partial charge in [0.1, 0.15) is 11.5 Å². The molecule has 7 aromatic carbocycles. The van der Waals surface area contributed by atoms with Gasteiger partial charge in [-0.1, -0.05) is 216 Å². The molecular formula is C60H67N2O2PS. The van der Waals surface area contributed by atoms with Crippen molar-refractivity contribution >= 4 is 59.4 Å². The second-order valence-electron chi connectivity index (χ2n) is 20.8. The maximum atomic E-state index is 11.2. The summed E-state index contributed by atoms with van der Waals surface area (Å²) in [6.07, 6.45) is 3.63. The Bertz CT molecular complexity index is 2730. The molecule has 0 aliphatic carbocycles. The molecule has 7 aromatic rings. The smallest absolute Gasteiger partial charge is 0.128 e. The molecule has 2 N–H and O–H groups in total. The number of rotatable bonds is 9. The van der Waals surface area contributed by atoms with Gasteiger partial charge in [0, 0.05) is 49.8 Å². The van der Waals surface area contributed by atoms with Gasteiger partial charge in [0.15, 0.2) is 0 Å². The van der Waals surface area contributed by atoms with E-state index < -0.39 is 7.92 Å². The first-order valence-corrected chi connectivity index (χ1v) is 24.9. The summed E-state index contributed by atoms with van der Waals surface area (Å²) < 4.78 is 0. The molecule has 0 amide bonds. The number of phenols is 2. The normalized spacial score (nSPS) is 12.4. The van der Waals surface area contributed by atoms with Gasteiger partial charge in [0.25, 0.3) is 0 Å². The zero-order valence-electron chi connectivity index (χ0n) is 40.9. The van der Waals surface area contributed by atoms with E-state index in [-0.39, 0.29) is 21.7 Å². The first-order valence-electron chi connectivity index (χ1n) is 22.8. The van der Waals surface area contributed by atoms with Gasteiger partial charge in [-0.25, -0.2) is 0 Å². The van der Waals surface area contributed by atoms with Crippen LogP contribution < -0.4 is 15.9 Å². The number of hydrogen-bond donors (Lipinski definition) is 2. The van der Waals surface area contributed by atoms with Gasteiger partial charge in [0.2, 0.25) is 0 Å². The van der Waals surface area contributed by atoms with Gasteiger partial charge in [-0.15, -0.1) is 0 Å². The quantitative estimate of drug-likeness (QED) is 0.112. The summed E-state index contributed by atoms with van der Waals surface area (Å²) in [6.45, 7) is 26.0. The Hall–Kier alpha value is -5.74. The molecule has 0 fully saturated rings. The number of aliphatic imine (C=N–C) groups is 2. The van der Waals surface area contributed by atoms with E-state index in [1.807, 2.05) is 48.7 Å². The molecule has 0 atom stereocenters. The van der Waals surface area contributed by atoms with E-state index in [9.17, 15) is 10.2 Å². The van der Waals surface area contributed by atoms with E-state index in [0.717, 1.165) is 38.5 Å². The van der Waals surface area contributed by atoms with Crippen molar-refractivity contribution in [2.75, 3.05) is 0 Å². The minimum absolute atomic E-state index is 0.0165. The number of phenolic OH excluding ortho intramolecular Hbond substituents is 2. The molecule has 0 unspecified atom stereocenters. The molecule has 0 saturated carbocycles. The van der Waals surface area contributed by atoms with Crippen molar-refractivity contribution in [2.24, 2.45) is 9.98 Å². The third-order valence-electron chi connectivity index (χ3n) is 11.3. The van der Waals surface area contributed by atoms with Gasteiger partial charge in [-0.05, 0) is 93.8 Å². The summed E-state index contributed by atoms with van der Waals surface area (Å²) in [5.41, 5.74) is 7.21. The molecule has 0 aromatic heterocycles. The molecule has 0 aliphatic rings. The molecule has 6 heteroatoms. The summed E-state index contributed by atoms with van der Waals surface area (Å²) >= 11 is 1.69. The molecule has 0 aliphatic heterocycles. The number of benzene rings is 7. The van der Waals surface area contributed by atoms with Crippen LogP contribution >= 0.6 is 19.7 Å². The van der Waals surface area contributed by atoms with Crippen LogP contribution in [0.1, 0.15) is 116 Å². The third kappa shape index (κ3) is 12.8. The summed E-state index contributed by atoms with van der Waals surface area (Å²) in [4.78, 5) is 12.0. The van der Waals surface area contributed by atoms with E-state index in [1.54, 1.807) is 18.0 Å². The van der Waals surface area contributed by atoms with Gasteiger partial charge in [-0.3, -0.25) is 9.98 Å². The standard InChI is InChI=1S/C33H36NOP.C27H31NOS/c1-32(2,3)25-21-24(31(35)28(22-25)33(4,5)6)23-34-29-19-13-14-20-30(29)36(26-15-9-7-10-16-26)27-17-11-8-12-18-27;1-26(2,3)20-16-19(25(29)22(17-20)27(4,5)6)18-28-23-14-10-11-15-24(23)30-21-12-8-7-9-13-21/h7-23,35H,1-6H3;7-18,29H,1-6H3. The molecule has 0 radical (unpaired) electrons. The Morgan fingerprint density at radius 3 is 1.24 bits per heavy atom. The van der Waals surface area contributed by atoms with Crippen LogP contribution in [0.4, 0.5) is 11.4 Å². The SMILES string of the molecule is CC(C)(C)c1cc(C=Nc2ccccc2P(c2ccccc2)c2ccccc2)c(O)c(C(C)(C)C)c1.CC(C)(C)c1cc(C=Nc2ccccc2Sc2ccccc2)c(O)c(C(C)(C)C)c1. The number of aromatic hydroxyl groups is 2. The Balaban J connectivity index is 0.000000222. The predicted octanol–water partition coefficient (Wildman–Crippen LogP) is 15.4. The zero-order chi connectivity index (χ0) is 47.9. The minimum Gasteiger partial charge on any atom is -0.507 e. The Morgan fingerprint density at radius 2 is 0.803 bits per heavy atom. The highest BCUT2D eigenvalue weighted by molar-refractivity contribution is 7.99. The van der Waals surface area contributed by atoms with Gasteiger partial charge < -0.3 is 10.2 Å². The average molecular weight is 911 g/mol. The minimum atomic E-state index is -0.781. The van der Waals surface area contributed by atoms with Gasteiger partial charge in [-0.2, -0.15) is 0 Å². The summed E-state index contributed by atoms with van der Waals surface area (Å²) in [7, 11) is -0.781. The monoisotopic (exact) mass is 910 g/mol. The fraction of sp³-hybridized carbons (Fsp3) is 0.267. The number of hydrogen-bond acceptors (Lipinski definition) is 5. The Labute approximate surface area is 400 Å². The highest BCUT2D eigenvalue weighted by Crippen LogP contribution is 2.41. The second kappa shape index (κ2) is 20.8. The molecule has 66 heavy (non-hydrogen) atoms. The predicted molar refractivity (Wildman–Crippen MR) is 288 cm³/mol.